The molecule has 1 aliphatic heterocycles. The summed E-state index contributed by atoms with van der Waals surface area (Å²) in [6.45, 7) is 4.06. The van der Waals surface area contributed by atoms with Gasteiger partial charge >= 0.3 is 0 Å². The average Bonchev–Trinajstić information content (AvgIpc) is 2.38. The van der Waals surface area contributed by atoms with Crippen molar-refractivity contribution < 1.29 is 0 Å². The second-order valence-corrected chi connectivity index (χ2v) is 5.13. The molecule has 1 aromatic carbocycles. The van der Waals surface area contributed by atoms with E-state index < -0.39 is 0 Å². The molecule has 1 fully saturated rings. The Kier molecular flexibility index (Phi) is 9.42. The van der Waals surface area contributed by atoms with Crippen LogP contribution in [0.25, 0.3) is 0 Å². The van der Waals surface area contributed by atoms with Crippen LogP contribution in [0.5, 0.6) is 0 Å². The standard InChI is InChI=1S/C13H16BrN3.2ClH/c14-12-3-1-11(2-4-12)13(5-6-15)17-9-7-16-8-10-17;;/h1-4,13,16H,5,7-10H2;2*1H/t13-;;/m0../s1. The lowest BCUT2D eigenvalue weighted by Gasteiger charge is -2.34. The van der Waals surface area contributed by atoms with E-state index in [1.165, 1.54) is 5.56 Å². The van der Waals surface area contributed by atoms with Gasteiger partial charge in [-0.2, -0.15) is 5.26 Å². The number of benzene rings is 1. The number of hydrogen-bond acceptors (Lipinski definition) is 3. The molecule has 6 heteroatoms. The zero-order valence-electron chi connectivity index (χ0n) is 10.5. The van der Waals surface area contributed by atoms with Crippen LogP contribution in [0.4, 0.5) is 0 Å². The average molecular weight is 367 g/mol. The molecule has 0 aliphatic carbocycles. The summed E-state index contributed by atoms with van der Waals surface area (Å²) in [5, 5.41) is 12.3. The van der Waals surface area contributed by atoms with Crippen LogP contribution in [0.1, 0.15) is 18.0 Å². The van der Waals surface area contributed by atoms with E-state index in [1.54, 1.807) is 0 Å². The molecule has 0 unspecified atom stereocenters. The van der Waals surface area contributed by atoms with Crippen molar-refractivity contribution in [1.82, 2.24) is 10.2 Å². The Morgan fingerprint density at radius 1 is 1.21 bits per heavy atom. The molecule has 1 saturated heterocycles. The smallest absolute Gasteiger partial charge is 0.0641 e. The molecular formula is C13H18BrCl2N3. The van der Waals surface area contributed by atoms with Crippen molar-refractivity contribution >= 4 is 40.7 Å². The predicted molar refractivity (Wildman–Crippen MR) is 86.1 cm³/mol. The molecule has 0 spiro atoms. The summed E-state index contributed by atoms with van der Waals surface area (Å²) in [4.78, 5) is 2.39. The van der Waals surface area contributed by atoms with Crippen LogP contribution in [0, 0.1) is 11.3 Å². The molecule has 0 radical (unpaired) electrons. The van der Waals surface area contributed by atoms with E-state index in [2.05, 4.69) is 44.3 Å². The Bertz CT molecular complexity index is 399. The minimum atomic E-state index is 0. The summed E-state index contributed by atoms with van der Waals surface area (Å²) in [5.74, 6) is 0. The summed E-state index contributed by atoms with van der Waals surface area (Å²) in [6, 6.07) is 10.8. The maximum atomic E-state index is 8.98. The molecule has 19 heavy (non-hydrogen) atoms. The van der Waals surface area contributed by atoms with Gasteiger partial charge in [0.2, 0.25) is 0 Å². The molecule has 0 saturated carbocycles. The van der Waals surface area contributed by atoms with Gasteiger partial charge in [0.15, 0.2) is 0 Å². The van der Waals surface area contributed by atoms with E-state index in [0.717, 1.165) is 30.7 Å². The van der Waals surface area contributed by atoms with Gasteiger partial charge in [-0.3, -0.25) is 4.90 Å². The number of nitrogens with one attached hydrogen (secondary N) is 1. The van der Waals surface area contributed by atoms with Gasteiger partial charge in [0.25, 0.3) is 0 Å². The fourth-order valence-electron chi connectivity index (χ4n) is 2.22. The molecule has 1 aliphatic rings. The van der Waals surface area contributed by atoms with Crippen molar-refractivity contribution in [3.05, 3.63) is 34.3 Å². The van der Waals surface area contributed by atoms with Crippen molar-refractivity contribution in [3.8, 4) is 6.07 Å². The molecule has 0 aromatic heterocycles. The highest BCUT2D eigenvalue weighted by atomic mass is 79.9. The SMILES string of the molecule is Cl.Cl.N#CC[C@@H](c1ccc(Br)cc1)N1CCNCC1. The first-order valence-corrected chi connectivity index (χ1v) is 6.68. The fourth-order valence-corrected chi connectivity index (χ4v) is 2.49. The van der Waals surface area contributed by atoms with Crippen LogP contribution < -0.4 is 5.32 Å². The highest BCUT2D eigenvalue weighted by Crippen LogP contribution is 2.25. The second-order valence-electron chi connectivity index (χ2n) is 4.22. The van der Waals surface area contributed by atoms with Crippen molar-refractivity contribution in [2.45, 2.75) is 12.5 Å². The van der Waals surface area contributed by atoms with E-state index in [-0.39, 0.29) is 30.9 Å². The fraction of sp³-hybridized carbons (Fsp3) is 0.462. The van der Waals surface area contributed by atoms with Gasteiger partial charge < -0.3 is 5.32 Å². The molecule has 1 atom stereocenters. The van der Waals surface area contributed by atoms with Crippen LogP contribution in [0.15, 0.2) is 28.7 Å². The number of nitrogens with zero attached hydrogens (tertiary/aromatic N) is 2. The summed E-state index contributed by atoms with van der Waals surface area (Å²) in [7, 11) is 0. The lowest BCUT2D eigenvalue weighted by Crippen LogP contribution is -2.45. The Morgan fingerprint density at radius 2 is 1.79 bits per heavy atom. The first-order chi connectivity index (χ1) is 8.31. The van der Waals surface area contributed by atoms with Crippen molar-refractivity contribution in [2.75, 3.05) is 26.2 Å². The third-order valence-electron chi connectivity index (χ3n) is 3.13. The van der Waals surface area contributed by atoms with Gasteiger partial charge in [0.05, 0.1) is 12.5 Å². The molecule has 1 heterocycles. The Hall–Kier alpha value is -0.310. The molecule has 106 valence electrons. The van der Waals surface area contributed by atoms with Gasteiger partial charge in [-0.25, -0.2) is 0 Å². The monoisotopic (exact) mass is 365 g/mol. The van der Waals surface area contributed by atoms with Crippen molar-refractivity contribution in [2.24, 2.45) is 0 Å². The molecule has 1 aromatic rings. The van der Waals surface area contributed by atoms with Crippen molar-refractivity contribution in [1.29, 1.82) is 5.26 Å². The Labute approximate surface area is 135 Å². The minimum absolute atomic E-state index is 0. The second kappa shape index (κ2) is 9.57. The molecule has 3 nitrogen and oxygen atoms in total. The zero-order valence-corrected chi connectivity index (χ0v) is 13.7. The number of nitriles is 1. The summed E-state index contributed by atoms with van der Waals surface area (Å²) in [6.07, 6.45) is 0.557. The van der Waals surface area contributed by atoms with Gasteiger partial charge in [0, 0.05) is 36.7 Å². The Morgan fingerprint density at radius 3 is 2.32 bits per heavy atom. The van der Waals surface area contributed by atoms with Gasteiger partial charge in [-0.1, -0.05) is 28.1 Å². The summed E-state index contributed by atoms with van der Waals surface area (Å²) < 4.78 is 1.08. The normalized spacial score (nSPS) is 16.6. The molecule has 2 rings (SSSR count). The number of rotatable bonds is 3. The quantitative estimate of drug-likeness (QED) is 0.892. The molecule has 1 N–H and O–H groups in total. The molecule has 0 amide bonds. The first kappa shape index (κ1) is 18.7. The molecule has 0 bridgehead atoms. The largest absolute Gasteiger partial charge is 0.314 e. The summed E-state index contributed by atoms with van der Waals surface area (Å²) >= 11 is 3.44. The number of halogens is 3. The maximum Gasteiger partial charge on any atom is 0.0641 e. The van der Waals surface area contributed by atoms with Crippen molar-refractivity contribution in [3.63, 3.8) is 0 Å². The highest BCUT2D eigenvalue weighted by molar-refractivity contribution is 9.10. The first-order valence-electron chi connectivity index (χ1n) is 5.88. The van der Waals surface area contributed by atoms with E-state index in [9.17, 15) is 0 Å². The van der Waals surface area contributed by atoms with Gasteiger partial charge in [-0.15, -0.1) is 24.8 Å². The third kappa shape index (κ3) is 5.29. The topological polar surface area (TPSA) is 39.1 Å². The van der Waals surface area contributed by atoms with Crippen LogP contribution >= 0.6 is 40.7 Å². The zero-order chi connectivity index (χ0) is 12.1. The number of piperazine rings is 1. The lowest BCUT2D eigenvalue weighted by atomic mass is 10.0. The number of hydrogen-bond donors (Lipinski definition) is 1. The van der Waals surface area contributed by atoms with E-state index >= 15 is 0 Å². The van der Waals surface area contributed by atoms with E-state index in [0.29, 0.717) is 6.42 Å². The Balaban J connectivity index is 0.00000162. The van der Waals surface area contributed by atoms with Crippen LogP contribution in [0.2, 0.25) is 0 Å². The maximum absolute atomic E-state index is 8.98. The van der Waals surface area contributed by atoms with E-state index in [1.807, 2.05) is 12.1 Å². The van der Waals surface area contributed by atoms with Crippen LogP contribution in [0.3, 0.4) is 0 Å². The summed E-state index contributed by atoms with van der Waals surface area (Å²) in [5.41, 5.74) is 1.23. The third-order valence-corrected chi connectivity index (χ3v) is 3.66. The highest BCUT2D eigenvalue weighted by Gasteiger charge is 2.21. The molecular weight excluding hydrogens is 349 g/mol. The van der Waals surface area contributed by atoms with Gasteiger partial charge in [-0.05, 0) is 17.7 Å². The van der Waals surface area contributed by atoms with E-state index in [4.69, 9.17) is 5.26 Å². The van der Waals surface area contributed by atoms with Gasteiger partial charge in [0.1, 0.15) is 0 Å². The lowest BCUT2D eigenvalue weighted by molar-refractivity contribution is 0.175. The predicted octanol–water partition coefficient (Wildman–Crippen LogP) is 3.15. The van der Waals surface area contributed by atoms with Crippen LogP contribution in [-0.4, -0.2) is 31.1 Å². The minimum Gasteiger partial charge on any atom is -0.314 e. The van der Waals surface area contributed by atoms with Crippen LogP contribution in [-0.2, 0) is 0 Å².